The number of pyridine rings is 1. The Labute approximate surface area is 172 Å². The second-order valence-electron chi connectivity index (χ2n) is 6.95. The molecule has 0 spiro atoms. The van der Waals surface area contributed by atoms with E-state index in [4.69, 9.17) is 15.0 Å². The first-order valence-electron chi connectivity index (χ1n) is 9.69. The van der Waals surface area contributed by atoms with Crippen molar-refractivity contribution in [2.24, 2.45) is 5.73 Å². The summed E-state index contributed by atoms with van der Waals surface area (Å²) < 4.78 is 11.1. The molecular formula is C21H21N5O4. The number of amides is 2. The van der Waals surface area contributed by atoms with Crippen molar-refractivity contribution in [3.05, 3.63) is 60.2 Å². The fourth-order valence-corrected chi connectivity index (χ4v) is 3.42. The van der Waals surface area contributed by atoms with Crippen LogP contribution in [0.4, 0.5) is 0 Å². The summed E-state index contributed by atoms with van der Waals surface area (Å²) >= 11 is 0. The molecule has 2 amide bonds. The van der Waals surface area contributed by atoms with Gasteiger partial charge in [-0.05, 0) is 43.5 Å². The number of carbonyl (C=O) groups is 2. The van der Waals surface area contributed by atoms with Crippen molar-refractivity contribution < 1.29 is 18.8 Å². The summed E-state index contributed by atoms with van der Waals surface area (Å²) in [4.78, 5) is 34.3. The molecule has 9 nitrogen and oxygen atoms in total. The Hall–Kier alpha value is -3.75. The van der Waals surface area contributed by atoms with Crippen LogP contribution in [-0.2, 0) is 4.79 Å². The summed E-state index contributed by atoms with van der Waals surface area (Å²) in [6, 6.07) is 12.1. The summed E-state index contributed by atoms with van der Waals surface area (Å²) in [6.45, 7) is 0.536. The molecule has 9 heteroatoms. The van der Waals surface area contributed by atoms with Crippen molar-refractivity contribution in [2.45, 2.75) is 25.3 Å². The number of hydrogen-bond acceptors (Lipinski definition) is 7. The van der Waals surface area contributed by atoms with E-state index in [0.717, 1.165) is 19.3 Å². The molecule has 1 fully saturated rings. The summed E-state index contributed by atoms with van der Waals surface area (Å²) in [6.07, 6.45) is 4.04. The van der Waals surface area contributed by atoms with Gasteiger partial charge in [0.2, 0.25) is 11.7 Å². The van der Waals surface area contributed by atoms with Crippen molar-refractivity contribution in [3.63, 3.8) is 0 Å². The van der Waals surface area contributed by atoms with E-state index >= 15 is 0 Å². The Balaban J connectivity index is 1.50. The number of carbonyl (C=O) groups excluding carboxylic acids is 2. The van der Waals surface area contributed by atoms with Crippen LogP contribution in [0.5, 0.6) is 5.75 Å². The van der Waals surface area contributed by atoms with Gasteiger partial charge >= 0.3 is 0 Å². The molecule has 2 aromatic heterocycles. The van der Waals surface area contributed by atoms with Gasteiger partial charge in [0.25, 0.3) is 11.8 Å². The van der Waals surface area contributed by atoms with Crippen molar-refractivity contribution in [3.8, 4) is 17.1 Å². The van der Waals surface area contributed by atoms with Crippen LogP contribution in [0.3, 0.4) is 0 Å². The number of ether oxygens (including phenoxy) is 1. The highest BCUT2D eigenvalue weighted by Gasteiger charge is 2.32. The van der Waals surface area contributed by atoms with Crippen LogP contribution in [0.15, 0.2) is 53.2 Å². The monoisotopic (exact) mass is 407 g/mol. The van der Waals surface area contributed by atoms with Gasteiger partial charge in [0.1, 0.15) is 17.5 Å². The minimum Gasteiger partial charge on any atom is -0.484 e. The molecular weight excluding hydrogens is 386 g/mol. The standard InChI is InChI=1S/C21H21N5O4/c22-19(28)16-12-14(9-10-23-16)20-24-21(30-25-20)17-8-4-5-11-26(17)18(27)13-29-15-6-2-1-3-7-15/h1-3,6-7,9-10,12,17H,4-5,8,11,13H2,(H2,22,28). The fraction of sp³-hybridized carbons (Fsp3) is 0.286. The Morgan fingerprint density at radius 1 is 1.20 bits per heavy atom. The minimum absolute atomic E-state index is 0.0617. The SMILES string of the molecule is NC(=O)c1cc(-c2noc(C3CCCCN3C(=O)COc3ccccc3)n2)ccn1. The fourth-order valence-electron chi connectivity index (χ4n) is 3.42. The molecule has 1 saturated heterocycles. The van der Waals surface area contributed by atoms with Gasteiger partial charge < -0.3 is 19.9 Å². The molecule has 0 bridgehead atoms. The number of aromatic nitrogens is 3. The molecule has 1 unspecified atom stereocenters. The van der Waals surface area contributed by atoms with Crippen molar-refractivity contribution in [1.82, 2.24) is 20.0 Å². The van der Waals surface area contributed by atoms with Crippen molar-refractivity contribution in [2.75, 3.05) is 13.2 Å². The first-order valence-corrected chi connectivity index (χ1v) is 9.69. The predicted molar refractivity (Wildman–Crippen MR) is 106 cm³/mol. The molecule has 0 saturated carbocycles. The lowest BCUT2D eigenvalue weighted by atomic mass is 10.0. The summed E-state index contributed by atoms with van der Waals surface area (Å²) in [5.74, 6) is 0.539. The number of rotatable bonds is 6. The normalized spacial score (nSPS) is 16.3. The maximum Gasteiger partial charge on any atom is 0.267 e. The van der Waals surface area contributed by atoms with E-state index in [9.17, 15) is 9.59 Å². The van der Waals surface area contributed by atoms with Gasteiger partial charge in [0, 0.05) is 18.3 Å². The number of para-hydroxylation sites is 1. The third-order valence-electron chi connectivity index (χ3n) is 4.93. The largest absolute Gasteiger partial charge is 0.484 e. The average Bonchev–Trinajstić information content (AvgIpc) is 3.28. The highest BCUT2D eigenvalue weighted by atomic mass is 16.5. The maximum atomic E-state index is 12.8. The molecule has 3 aromatic rings. The molecule has 154 valence electrons. The second-order valence-corrected chi connectivity index (χ2v) is 6.95. The molecule has 0 aliphatic carbocycles. The quantitative estimate of drug-likeness (QED) is 0.665. The number of benzene rings is 1. The molecule has 4 rings (SSSR count). The number of nitrogens with two attached hydrogens (primary N) is 1. The van der Waals surface area contributed by atoms with Crippen LogP contribution < -0.4 is 10.5 Å². The Kier molecular flexibility index (Phi) is 5.69. The summed E-state index contributed by atoms with van der Waals surface area (Å²) in [5.41, 5.74) is 5.96. The van der Waals surface area contributed by atoms with Crippen LogP contribution in [0.25, 0.3) is 11.4 Å². The third kappa shape index (κ3) is 4.29. The lowest BCUT2D eigenvalue weighted by Gasteiger charge is -2.33. The van der Waals surface area contributed by atoms with Gasteiger partial charge in [-0.3, -0.25) is 14.6 Å². The lowest BCUT2D eigenvalue weighted by Crippen LogP contribution is -2.41. The van der Waals surface area contributed by atoms with E-state index in [0.29, 0.717) is 29.6 Å². The van der Waals surface area contributed by atoms with Gasteiger partial charge in [-0.25, -0.2) is 0 Å². The Morgan fingerprint density at radius 3 is 2.83 bits per heavy atom. The number of likely N-dealkylation sites (tertiary alicyclic amines) is 1. The number of nitrogens with zero attached hydrogens (tertiary/aromatic N) is 4. The number of primary amides is 1. The van der Waals surface area contributed by atoms with Crippen LogP contribution >= 0.6 is 0 Å². The van der Waals surface area contributed by atoms with Crippen molar-refractivity contribution >= 4 is 11.8 Å². The van der Waals surface area contributed by atoms with E-state index in [2.05, 4.69) is 15.1 Å². The molecule has 2 N–H and O–H groups in total. The molecule has 3 heterocycles. The molecule has 1 atom stereocenters. The van der Waals surface area contributed by atoms with E-state index in [1.165, 1.54) is 12.3 Å². The van der Waals surface area contributed by atoms with Crippen molar-refractivity contribution in [1.29, 1.82) is 0 Å². The predicted octanol–water partition coefficient (Wildman–Crippen LogP) is 2.36. The zero-order valence-electron chi connectivity index (χ0n) is 16.2. The minimum atomic E-state index is -0.636. The van der Waals surface area contributed by atoms with Gasteiger partial charge in [0.15, 0.2) is 6.61 Å². The number of piperidine rings is 1. The van der Waals surface area contributed by atoms with Crippen LogP contribution in [0.1, 0.15) is 41.7 Å². The third-order valence-corrected chi connectivity index (χ3v) is 4.93. The van der Waals surface area contributed by atoms with E-state index < -0.39 is 5.91 Å². The van der Waals surface area contributed by atoms with Gasteiger partial charge in [0.05, 0.1) is 0 Å². The van der Waals surface area contributed by atoms with E-state index in [1.54, 1.807) is 23.1 Å². The smallest absolute Gasteiger partial charge is 0.267 e. The van der Waals surface area contributed by atoms with Crippen LogP contribution in [0, 0.1) is 0 Å². The topological polar surface area (TPSA) is 124 Å². The highest BCUT2D eigenvalue weighted by molar-refractivity contribution is 5.91. The summed E-state index contributed by atoms with van der Waals surface area (Å²) in [7, 11) is 0. The molecule has 30 heavy (non-hydrogen) atoms. The van der Waals surface area contributed by atoms with Crippen LogP contribution in [0.2, 0.25) is 0 Å². The Bertz CT molecular complexity index is 1040. The van der Waals surface area contributed by atoms with Gasteiger partial charge in [-0.2, -0.15) is 4.98 Å². The maximum absolute atomic E-state index is 12.8. The molecule has 1 aliphatic heterocycles. The highest BCUT2D eigenvalue weighted by Crippen LogP contribution is 2.31. The zero-order valence-corrected chi connectivity index (χ0v) is 16.2. The first-order chi connectivity index (χ1) is 14.6. The average molecular weight is 407 g/mol. The van der Waals surface area contributed by atoms with E-state index in [-0.39, 0.29) is 24.2 Å². The Morgan fingerprint density at radius 2 is 2.03 bits per heavy atom. The zero-order chi connectivity index (χ0) is 20.9. The number of hydrogen-bond donors (Lipinski definition) is 1. The second kappa shape index (κ2) is 8.73. The first kappa shape index (κ1) is 19.6. The van der Waals surface area contributed by atoms with E-state index in [1.807, 2.05) is 18.2 Å². The molecule has 0 radical (unpaired) electrons. The molecule has 1 aromatic carbocycles. The molecule has 1 aliphatic rings. The summed E-state index contributed by atoms with van der Waals surface area (Å²) in [5, 5.41) is 4.01. The lowest BCUT2D eigenvalue weighted by molar-refractivity contribution is -0.138. The van der Waals surface area contributed by atoms with Gasteiger partial charge in [-0.15, -0.1) is 0 Å². The van der Waals surface area contributed by atoms with Crippen LogP contribution in [-0.4, -0.2) is 45.0 Å². The van der Waals surface area contributed by atoms with Gasteiger partial charge in [-0.1, -0.05) is 23.4 Å².